The lowest BCUT2D eigenvalue weighted by molar-refractivity contribution is 0.112. The second kappa shape index (κ2) is 5.08. The molecule has 0 atom stereocenters. The average Bonchev–Trinajstić information content (AvgIpc) is 2.31. The molecule has 1 heterocycles. The van der Waals surface area contributed by atoms with Crippen LogP contribution in [-0.4, -0.2) is 19.4 Å². The molecule has 0 bridgehead atoms. The van der Waals surface area contributed by atoms with E-state index in [0.717, 1.165) is 37.3 Å². The highest BCUT2D eigenvalue weighted by Gasteiger charge is 2.12. The summed E-state index contributed by atoms with van der Waals surface area (Å²) < 4.78 is 0. The third-order valence-corrected chi connectivity index (χ3v) is 3.10. The van der Waals surface area contributed by atoms with E-state index in [1.807, 2.05) is 12.1 Å². The summed E-state index contributed by atoms with van der Waals surface area (Å²) in [7, 11) is 0. The topological polar surface area (TPSA) is 29.1 Å². The molecule has 15 heavy (non-hydrogen) atoms. The van der Waals surface area contributed by atoms with Crippen molar-refractivity contribution >= 4 is 6.29 Å². The third kappa shape index (κ3) is 2.90. The van der Waals surface area contributed by atoms with Gasteiger partial charge in [0.2, 0.25) is 0 Å². The predicted molar refractivity (Wildman–Crippen MR) is 61.1 cm³/mol. The lowest BCUT2D eigenvalue weighted by atomic mass is 9.91. The molecule has 0 aromatic heterocycles. The fourth-order valence-electron chi connectivity index (χ4n) is 2.15. The van der Waals surface area contributed by atoms with Gasteiger partial charge >= 0.3 is 0 Å². The maximum absolute atomic E-state index is 10.5. The maximum atomic E-state index is 10.5. The molecule has 1 fully saturated rings. The zero-order chi connectivity index (χ0) is 10.5. The number of nitrogens with one attached hydrogen (secondary N) is 1. The highest BCUT2D eigenvalue weighted by atomic mass is 16.1. The smallest absolute Gasteiger partial charge is 0.150 e. The first kappa shape index (κ1) is 10.4. The summed E-state index contributed by atoms with van der Waals surface area (Å²) in [5.41, 5.74) is 2.12. The molecule has 0 amide bonds. The third-order valence-electron chi connectivity index (χ3n) is 3.10. The molecule has 1 N–H and O–H groups in total. The van der Waals surface area contributed by atoms with Gasteiger partial charge in [0.1, 0.15) is 6.29 Å². The number of carbonyl (C=O) groups is 1. The molecule has 0 aliphatic carbocycles. The molecule has 0 unspecified atom stereocenters. The zero-order valence-electron chi connectivity index (χ0n) is 8.91. The molecule has 80 valence electrons. The molecule has 2 nitrogen and oxygen atoms in total. The summed E-state index contributed by atoms with van der Waals surface area (Å²) in [4.78, 5) is 10.5. The highest BCUT2D eigenvalue weighted by molar-refractivity contribution is 5.74. The molecular weight excluding hydrogens is 186 g/mol. The second-order valence-corrected chi connectivity index (χ2v) is 4.26. The first-order valence-corrected chi connectivity index (χ1v) is 5.63. The van der Waals surface area contributed by atoms with E-state index in [1.54, 1.807) is 0 Å². The van der Waals surface area contributed by atoms with E-state index < -0.39 is 0 Å². The van der Waals surface area contributed by atoms with E-state index in [2.05, 4.69) is 17.4 Å². The first-order valence-electron chi connectivity index (χ1n) is 5.63. The largest absolute Gasteiger partial charge is 0.317 e. The Morgan fingerprint density at radius 3 is 2.47 bits per heavy atom. The van der Waals surface area contributed by atoms with Gasteiger partial charge in [0, 0.05) is 5.56 Å². The summed E-state index contributed by atoms with van der Waals surface area (Å²) in [6.45, 7) is 2.30. The quantitative estimate of drug-likeness (QED) is 0.762. The van der Waals surface area contributed by atoms with Crippen molar-refractivity contribution in [2.24, 2.45) is 5.92 Å². The van der Waals surface area contributed by atoms with Crippen molar-refractivity contribution in [3.05, 3.63) is 35.4 Å². The van der Waals surface area contributed by atoms with Crippen LogP contribution in [0.15, 0.2) is 24.3 Å². The summed E-state index contributed by atoms with van der Waals surface area (Å²) in [5.74, 6) is 0.813. The standard InChI is InChI=1S/C13H17NO/c15-10-13-3-1-11(2-4-13)9-12-5-7-14-8-6-12/h1-4,10,12,14H,5-9H2. The fourth-order valence-corrected chi connectivity index (χ4v) is 2.15. The Labute approximate surface area is 90.7 Å². The Bertz CT molecular complexity index is 312. The van der Waals surface area contributed by atoms with E-state index >= 15 is 0 Å². The van der Waals surface area contributed by atoms with Crippen molar-refractivity contribution in [2.45, 2.75) is 19.3 Å². The van der Waals surface area contributed by atoms with Crippen LogP contribution in [-0.2, 0) is 6.42 Å². The molecule has 1 saturated heterocycles. The van der Waals surface area contributed by atoms with E-state index in [9.17, 15) is 4.79 Å². The molecule has 1 aromatic carbocycles. The number of hydrogen-bond donors (Lipinski definition) is 1. The van der Waals surface area contributed by atoms with Gasteiger partial charge < -0.3 is 5.32 Å². The summed E-state index contributed by atoms with van der Waals surface area (Å²) in [6.07, 6.45) is 4.60. The van der Waals surface area contributed by atoms with Crippen LogP contribution in [0.3, 0.4) is 0 Å². The molecule has 2 rings (SSSR count). The monoisotopic (exact) mass is 203 g/mol. The van der Waals surface area contributed by atoms with Crippen molar-refractivity contribution in [1.29, 1.82) is 0 Å². The normalized spacial score (nSPS) is 17.6. The zero-order valence-corrected chi connectivity index (χ0v) is 8.91. The molecule has 1 aromatic rings. The summed E-state index contributed by atoms with van der Waals surface area (Å²) >= 11 is 0. The van der Waals surface area contributed by atoms with Crippen LogP contribution in [0.1, 0.15) is 28.8 Å². The molecule has 0 saturated carbocycles. The minimum absolute atomic E-state index is 0.768. The van der Waals surface area contributed by atoms with Crippen LogP contribution in [0.25, 0.3) is 0 Å². The SMILES string of the molecule is O=Cc1ccc(CC2CCNCC2)cc1. The Kier molecular flexibility index (Phi) is 3.51. The van der Waals surface area contributed by atoms with Crippen LogP contribution in [0.5, 0.6) is 0 Å². The number of piperidine rings is 1. The van der Waals surface area contributed by atoms with E-state index in [1.165, 1.54) is 18.4 Å². The number of aldehydes is 1. The Hall–Kier alpha value is -1.15. The Morgan fingerprint density at radius 2 is 1.87 bits per heavy atom. The summed E-state index contributed by atoms with van der Waals surface area (Å²) in [5, 5.41) is 3.37. The van der Waals surface area contributed by atoms with E-state index in [4.69, 9.17) is 0 Å². The van der Waals surface area contributed by atoms with Crippen LogP contribution in [0.2, 0.25) is 0 Å². The van der Waals surface area contributed by atoms with Crippen LogP contribution in [0, 0.1) is 5.92 Å². The first-order chi connectivity index (χ1) is 7.38. The molecule has 1 aliphatic rings. The van der Waals surface area contributed by atoms with E-state index in [-0.39, 0.29) is 0 Å². The number of carbonyl (C=O) groups excluding carboxylic acids is 1. The van der Waals surface area contributed by atoms with Crippen molar-refractivity contribution in [3.63, 3.8) is 0 Å². The molecule has 2 heteroatoms. The Morgan fingerprint density at radius 1 is 1.20 bits per heavy atom. The minimum Gasteiger partial charge on any atom is -0.317 e. The highest BCUT2D eigenvalue weighted by Crippen LogP contribution is 2.17. The van der Waals surface area contributed by atoms with Gasteiger partial charge in [-0.1, -0.05) is 24.3 Å². The van der Waals surface area contributed by atoms with Crippen molar-refractivity contribution in [1.82, 2.24) is 5.32 Å². The maximum Gasteiger partial charge on any atom is 0.150 e. The Balaban J connectivity index is 1.94. The van der Waals surface area contributed by atoms with Gasteiger partial charge in [-0.2, -0.15) is 0 Å². The molecule has 1 aliphatic heterocycles. The van der Waals surface area contributed by atoms with Crippen molar-refractivity contribution in [2.75, 3.05) is 13.1 Å². The molecule has 0 radical (unpaired) electrons. The van der Waals surface area contributed by atoms with Crippen LogP contribution < -0.4 is 5.32 Å². The van der Waals surface area contributed by atoms with Gasteiger partial charge in [-0.05, 0) is 43.8 Å². The second-order valence-electron chi connectivity index (χ2n) is 4.26. The predicted octanol–water partition coefficient (Wildman–Crippen LogP) is 2.04. The van der Waals surface area contributed by atoms with Gasteiger partial charge in [0.25, 0.3) is 0 Å². The van der Waals surface area contributed by atoms with Gasteiger partial charge in [0.15, 0.2) is 0 Å². The van der Waals surface area contributed by atoms with Crippen molar-refractivity contribution < 1.29 is 4.79 Å². The van der Waals surface area contributed by atoms with Crippen LogP contribution in [0.4, 0.5) is 0 Å². The van der Waals surface area contributed by atoms with Gasteiger partial charge in [-0.15, -0.1) is 0 Å². The average molecular weight is 203 g/mol. The molecular formula is C13H17NO. The van der Waals surface area contributed by atoms with E-state index in [0.29, 0.717) is 0 Å². The van der Waals surface area contributed by atoms with Gasteiger partial charge in [-0.25, -0.2) is 0 Å². The van der Waals surface area contributed by atoms with Gasteiger partial charge in [0.05, 0.1) is 0 Å². The van der Waals surface area contributed by atoms with Crippen LogP contribution >= 0.6 is 0 Å². The number of benzene rings is 1. The van der Waals surface area contributed by atoms with Gasteiger partial charge in [-0.3, -0.25) is 4.79 Å². The lowest BCUT2D eigenvalue weighted by Gasteiger charge is -2.22. The fraction of sp³-hybridized carbons (Fsp3) is 0.462. The minimum atomic E-state index is 0.768. The number of hydrogen-bond acceptors (Lipinski definition) is 2. The summed E-state index contributed by atoms with van der Waals surface area (Å²) in [6, 6.07) is 7.96. The molecule has 0 spiro atoms. The number of rotatable bonds is 3. The van der Waals surface area contributed by atoms with Crippen molar-refractivity contribution in [3.8, 4) is 0 Å². The lowest BCUT2D eigenvalue weighted by Crippen LogP contribution is -2.28.